The Hall–Kier alpha value is -2.08. The van der Waals surface area contributed by atoms with Gasteiger partial charge in [-0.1, -0.05) is 0 Å². The van der Waals surface area contributed by atoms with E-state index in [1.807, 2.05) is 29.3 Å². The van der Waals surface area contributed by atoms with Gasteiger partial charge in [-0.3, -0.25) is 4.79 Å². The minimum atomic E-state index is 0.0146. The molecule has 0 fully saturated rings. The molecule has 0 radical (unpaired) electrons. The molecule has 0 bridgehead atoms. The Morgan fingerprint density at radius 3 is 2.67 bits per heavy atom. The van der Waals surface area contributed by atoms with Crippen LogP contribution >= 0.6 is 11.3 Å². The highest BCUT2D eigenvalue weighted by atomic mass is 32.1. The van der Waals surface area contributed by atoms with Gasteiger partial charge in [0, 0.05) is 11.9 Å². The van der Waals surface area contributed by atoms with E-state index >= 15 is 0 Å². The number of thiazole rings is 1. The van der Waals surface area contributed by atoms with Gasteiger partial charge in [0.05, 0.1) is 37.4 Å². The van der Waals surface area contributed by atoms with Crippen LogP contribution in [-0.2, 0) is 17.6 Å². The molecular weight excluding hydrogens is 324 g/mol. The number of rotatable bonds is 4. The minimum Gasteiger partial charge on any atom is -0.493 e. The molecule has 1 aliphatic rings. The summed E-state index contributed by atoms with van der Waals surface area (Å²) in [7, 11) is 3.27. The third-order valence-electron chi connectivity index (χ3n) is 4.50. The summed E-state index contributed by atoms with van der Waals surface area (Å²) in [6.45, 7) is 4.73. The molecule has 128 valence electrons. The predicted octanol–water partition coefficient (Wildman–Crippen LogP) is 3.16. The molecule has 5 nitrogen and oxygen atoms in total. The van der Waals surface area contributed by atoms with Crippen molar-refractivity contribution < 1.29 is 14.3 Å². The Kier molecular flexibility index (Phi) is 4.76. The van der Waals surface area contributed by atoms with Crippen LogP contribution in [-0.4, -0.2) is 36.6 Å². The highest BCUT2D eigenvalue weighted by Gasteiger charge is 2.29. The van der Waals surface area contributed by atoms with Crippen LogP contribution in [0.4, 0.5) is 0 Å². The van der Waals surface area contributed by atoms with E-state index in [4.69, 9.17) is 9.47 Å². The lowest BCUT2D eigenvalue weighted by Crippen LogP contribution is -2.39. The lowest BCUT2D eigenvalue weighted by molar-refractivity contribution is -0.133. The zero-order valence-electron chi connectivity index (χ0n) is 14.5. The van der Waals surface area contributed by atoms with Crippen molar-refractivity contribution in [3.05, 3.63) is 39.3 Å². The zero-order chi connectivity index (χ0) is 17.3. The van der Waals surface area contributed by atoms with Crippen LogP contribution < -0.4 is 9.47 Å². The number of nitrogens with zero attached hydrogens (tertiary/aromatic N) is 2. The van der Waals surface area contributed by atoms with E-state index in [2.05, 4.69) is 11.9 Å². The second-order valence-corrected chi connectivity index (χ2v) is 7.02. The van der Waals surface area contributed by atoms with Gasteiger partial charge in [0.15, 0.2) is 11.5 Å². The molecule has 0 spiro atoms. The normalized spacial score (nSPS) is 16.7. The average Bonchev–Trinajstić information content (AvgIpc) is 2.98. The van der Waals surface area contributed by atoms with E-state index in [0.29, 0.717) is 18.7 Å². The number of hydrogen-bond acceptors (Lipinski definition) is 5. The van der Waals surface area contributed by atoms with Crippen LogP contribution in [0.2, 0.25) is 0 Å². The lowest BCUT2D eigenvalue weighted by Gasteiger charge is -2.35. The van der Waals surface area contributed by atoms with E-state index in [-0.39, 0.29) is 11.9 Å². The van der Waals surface area contributed by atoms with Gasteiger partial charge in [-0.2, -0.15) is 0 Å². The maximum absolute atomic E-state index is 12.7. The fraction of sp³-hybridized carbons (Fsp3) is 0.444. The fourth-order valence-electron chi connectivity index (χ4n) is 3.23. The number of fused-ring (bicyclic) bond motifs is 1. The first-order valence-electron chi connectivity index (χ1n) is 7.98. The molecule has 0 unspecified atom stereocenters. The molecular formula is C18H22N2O3S. The molecule has 1 aromatic carbocycles. The SMILES string of the molecule is COc1cc2c(cc1OC)[C@@H](C)N(C(=O)Cc1csc(C)n1)CC2. The van der Waals surface area contributed by atoms with Gasteiger partial charge >= 0.3 is 0 Å². The summed E-state index contributed by atoms with van der Waals surface area (Å²) in [4.78, 5) is 19.0. The molecule has 0 N–H and O–H groups in total. The largest absolute Gasteiger partial charge is 0.493 e. The number of methoxy groups -OCH3 is 2. The molecule has 1 aliphatic heterocycles. The minimum absolute atomic E-state index is 0.0146. The topological polar surface area (TPSA) is 51.7 Å². The number of ether oxygens (including phenoxy) is 2. The van der Waals surface area contributed by atoms with Gasteiger partial charge < -0.3 is 14.4 Å². The molecule has 1 aromatic heterocycles. The first-order chi connectivity index (χ1) is 11.5. The number of carbonyl (C=O) groups excluding carboxylic acids is 1. The van der Waals surface area contributed by atoms with Crippen LogP contribution in [0.1, 0.15) is 34.8 Å². The van der Waals surface area contributed by atoms with E-state index < -0.39 is 0 Å². The Labute approximate surface area is 146 Å². The van der Waals surface area contributed by atoms with Crippen molar-refractivity contribution in [2.45, 2.75) is 32.7 Å². The van der Waals surface area contributed by atoms with Crippen molar-refractivity contribution in [2.75, 3.05) is 20.8 Å². The monoisotopic (exact) mass is 346 g/mol. The molecule has 1 atom stereocenters. The van der Waals surface area contributed by atoms with Gasteiger partial charge in [0.1, 0.15) is 0 Å². The van der Waals surface area contributed by atoms with Gasteiger partial charge in [-0.05, 0) is 43.5 Å². The predicted molar refractivity (Wildman–Crippen MR) is 93.9 cm³/mol. The van der Waals surface area contributed by atoms with Crippen molar-refractivity contribution in [1.29, 1.82) is 0 Å². The second-order valence-electron chi connectivity index (χ2n) is 5.95. The van der Waals surface area contributed by atoms with E-state index in [1.165, 1.54) is 5.56 Å². The standard InChI is InChI=1S/C18H22N2O3S/c1-11-15-9-17(23-4)16(22-3)7-13(15)5-6-20(11)18(21)8-14-10-24-12(2)19-14/h7,9-11H,5-6,8H2,1-4H3/t11-/m1/s1. The molecule has 1 amide bonds. The highest BCUT2D eigenvalue weighted by Crippen LogP contribution is 2.38. The number of carbonyl (C=O) groups is 1. The van der Waals surface area contributed by atoms with Crippen LogP contribution in [0.3, 0.4) is 0 Å². The molecule has 3 rings (SSSR count). The summed E-state index contributed by atoms with van der Waals surface area (Å²) < 4.78 is 10.8. The van der Waals surface area contributed by atoms with Crippen LogP contribution in [0.15, 0.2) is 17.5 Å². The molecule has 0 saturated carbocycles. The Bertz CT molecular complexity index is 757. The first-order valence-corrected chi connectivity index (χ1v) is 8.86. The molecule has 2 heterocycles. The van der Waals surface area contributed by atoms with Crippen molar-refractivity contribution in [2.24, 2.45) is 0 Å². The number of hydrogen-bond donors (Lipinski definition) is 0. The number of aryl methyl sites for hydroxylation is 1. The van der Waals surface area contributed by atoms with Gasteiger partial charge in [0.25, 0.3) is 0 Å². The van der Waals surface area contributed by atoms with Crippen molar-refractivity contribution in [3.8, 4) is 11.5 Å². The summed E-state index contributed by atoms with van der Waals surface area (Å²) in [6, 6.07) is 4.03. The number of amides is 1. The Morgan fingerprint density at radius 1 is 1.33 bits per heavy atom. The first kappa shape index (κ1) is 16.8. The Morgan fingerprint density at radius 2 is 2.04 bits per heavy atom. The highest BCUT2D eigenvalue weighted by molar-refractivity contribution is 7.09. The molecule has 0 aliphatic carbocycles. The van der Waals surface area contributed by atoms with Gasteiger partial charge in [-0.15, -0.1) is 11.3 Å². The quantitative estimate of drug-likeness (QED) is 0.853. The van der Waals surface area contributed by atoms with Crippen molar-refractivity contribution in [3.63, 3.8) is 0 Å². The number of benzene rings is 1. The summed E-state index contributed by atoms with van der Waals surface area (Å²) in [5.41, 5.74) is 3.20. The van der Waals surface area contributed by atoms with Gasteiger partial charge in [-0.25, -0.2) is 4.98 Å². The maximum Gasteiger partial charge on any atom is 0.229 e. The maximum atomic E-state index is 12.7. The zero-order valence-corrected chi connectivity index (χ0v) is 15.3. The second kappa shape index (κ2) is 6.81. The summed E-state index contributed by atoms with van der Waals surface area (Å²) >= 11 is 1.58. The Balaban J connectivity index is 1.83. The fourth-order valence-corrected chi connectivity index (χ4v) is 3.84. The number of aromatic nitrogens is 1. The van der Waals surface area contributed by atoms with Crippen LogP contribution in [0, 0.1) is 6.92 Å². The average molecular weight is 346 g/mol. The summed E-state index contributed by atoms with van der Waals surface area (Å²) in [5, 5.41) is 2.95. The molecule has 2 aromatic rings. The lowest BCUT2D eigenvalue weighted by atomic mass is 9.92. The van der Waals surface area contributed by atoms with E-state index in [9.17, 15) is 4.79 Å². The molecule has 6 heteroatoms. The van der Waals surface area contributed by atoms with Crippen LogP contribution in [0.5, 0.6) is 11.5 Å². The third kappa shape index (κ3) is 3.11. The third-order valence-corrected chi connectivity index (χ3v) is 5.33. The smallest absolute Gasteiger partial charge is 0.229 e. The van der Waals surface area contributed by atoms with Crippen LogP contribution in [0.25, 0.3) is 0 Å². The molecule has 24 heavy (non-hydrogen) atoms. The summed E-state index contributed by atoms with van der Waals surface area (Å²) in [6.07, 6.45) is 1.18. The molecule has 0 saturated heterocycles. The van der Waals surface area contributed by atoms with E-state index in [0.717, 1.165) is 28.4 Å². The summed E-state index contributed by atoms with van der Waals surface area (Å²) in [5.74, 6) is 1.56. The van der Waals surface area contributed by atoms with Gasteiger partial charge in [0.2, 0.25) is 5.91 Å². The van der Waals surface area contributed by atoms with Crippen molar-refractivity contribution in [1.82, 2.24) is 9.88 Å². The van der Waals surface area contributed by atoms with Crippen molar-refractivity contribution >= 4 is 17.2 Å². The van der Waals surface area contributed by atoms with E-state index in [1.54, 1.807) is 25.6 Å².